The molecule has 1 aliphatic heterocycles. The van der Waals surface area contributed by atoms with E-state index in [4.69, 9.17) is 0 Å². The highest BCUT2D eigenvalue weighted by atomic mass is 32.2. The maximum Gasteiger partial charge on any atom is 0.221 e. The van der Waals surface area contributed by atoms with Crippen LogP contribution in [0.1, 0.15) is 36.4 Å². The molecule has 2 aromatic rings. The van der Waals surface area contributed by atoms with E-state index in [1.54, 1.807) is 18.7 Å². The van der Waals surface area contributed by atoms with Gasteiger partial charge in [0.15, 0.2) is 0 Å². The van der Waals surface area contributed by atoms with Crippen LogP contribution >= 0.6 is 11.8 Å². The maximum absolute atomic E-state index is 11.4. The molecule has 1 aliphatic carbocycles. The summed E-state index contributed by atoms with van der Waals surface area (Å²) in [5.41, 5.74) is 4.66. The molecule has 3 nitrogen and oxygen atoms in total. The first-order chi connectivity index (χ1) is 12.2. The maximum atomic E-state index is 11.4. The molecule has 0 spiro atoms. The van der Waals surface area contributed by atoms with E-state index >= 15 is 0 Å². The number of hydrogen-bond acceptors (Lipinski definition) is 3. The summed E-state index contributed by atoms with van der Waals surface area (Å²) in [4.78, 5) is 12.6. The van der Waals surface area contributed by atoms with Crippen molar-refractivity contribution in [3.05, 3.63) is 65.7 Å². The highest BCUT2D eigenvalue weighted by Gasteiger charge is 2.37. The molecule has 1 heterocycles. The number of rotatable bonds is 3. The van der Waals surface area contributed by atoms with Gasteiger partial charge in [0.1, 0.15) is 0 Å². The molecule has 0 bridgehead atoms. The number of carbonyl (C=O) groups is 1. The van der Waals surface area contributed by atoms with Crippen LogP contribution in [-0.4, -0.2) is 12.2 Å². The second-order valence-electron chi connectivity index (χ2n) is 6.73. The Bertz CT molecular complexity index is 828. The number of carbonyl (C=O) groups excluding carboxylic acids is 1. The van der Waals surface area contributed by atoms with Crippen molar-refractivity contribution in [3.63, 3.8) is 0 Å². The van der Waals surface area contributed by atoms with Crippen molar-refractivity contribution >= 4 is 29.0 Å². The molecule has 3 unspecified atom stereocenters. The molecule has 0 radical (unpaired) electrons. The molecule has 25 heavy (non-hydrogen) atoms. The van der Waals surface area contributed by atoms with Gasteiger partial charge in [-0.2, -0.15) is 0 Å². The zero-order valence-electron chi connectivity index (χ0n) is 14.5. The van der Waals surface area contributed by atoms with E-state index < -0.39 is 0 Å². The van der Waals surface area contributed by atoms with E-state index in [1.165, 1.54) is 21.7 Å². The summed E-state index contributed by atoms with van der Waals surface area (Å²) in [6.45, 7) is 1.55. The summed E-state index contributed by atoms with van der Waals surface area (Å²) >= 11 is 1.77. The Kier molecular flexibility index (Phi) is 4.30. The molecule has 2 aromatic carbocycles. The summed E-state index contributed by atoms with van der Waals surface area (Å²) in [5.74, 6) is 0.879. The second-order valence-corrected chi connectivity index (χ2v) is 7.61. The van der Waals surface area contributed by atoms with Gasteiger partial charge in [0.2, 0.25) is 5.91 Å². The second kappa shape index (κ2) is 6.60. The van der Waals surface area contributed by atoms with Gasteiger partial charge < -0.3 is 10.6 Å². The lowest BCUT2D eigenvalue weighted by Crippen LogP contribution is -2.29. The molecule has 0 aromatic heterocycles. The fraction of sp³-hybridized carbons (Fsp3) is 0.286. The number of allylic oxidation sites excluding steroid dienone is 2. The van der Waals surface area contributed by atoms with Crippen molar-refractivity contribution in [2.75, 3.05) is 16.9 Å². The van der Waals surface area contributed by atoms with Gasteiger partial charge in [-0.1, -0.05) is 24.3 Å². The average Bonchev–Trinajstić information content (AvgIpc) is 3.11. The van der Waals surface area contributed by atoms with Crippen LogP contribution in [0.2, 0.25) is 0 Å². The van der Waals surface area contributed by atoms with E-state index in [9.17, 15) is 4.79 Å². The molecule has 0 saturated carbocycles. The lowest BCUT2D eigenvalue weighted by Gasteiger charge is -2.37. The third-order valence-corrected chi connectivity index (χ3v) is 5.90. The minimum absolute atomic E-state index is 0.0333. The number of fused-ring (bicyclic) bond motifs is 3. The molecule has 0 fully saturated rings. The fourth-order valence-corrected chi connectivity index (χ4v) is 4.42. The molecule has 3 atom stereocenters. The topological polar surface area (TPSA) is 41.1 Å². The van der Waals surface area contributed by atoms with Crippen molar-refractivity contribution < 1.29 is 4.79 Å². The van der Waals surface area contributed by atoms with Crippen LogP contribution in [0.5, 0.6) is 0 Å². The normalized spacial score (nSPS) is 23.5. The molecular weight excluding hydrogens is 328 g/mol. The molecule has 1 amide bonds. The van der Waals surface area contributed by atoms with E-state index in [-0.39, 0.29) is 5.91 Å². The molecule has 4 rings (SSSR count). The summed E-state index contributed by atoms with van der Waals surface area (Å²) in [7, 11) is 0. The first kappa shape index (κ1) is 16.3. The van der Waals surface area contributed by atoms with Crippen LogP contribution in [0.3, 0.4) is 0 Å². The number of hydrogen-bond donors (Lipinski definition) is 2. The summed E-state index contributed by atoms with van der Waals surface area (Å²) in [5, 5.41) is 6.64. The van der Waals surface area contributed by atoms with Crippen LogP contribution in [-0.2, 0) is 4.79 Å². The predicted molar refractivity (Wildman–Crippen MR) is 105 cm³/mol. The predicted octanol–water partition coefficient (Wildman–Crippen LogP) is 5.19. The van der Waals surface area contributed by atoms with Crippen LogP contribution in [0.4, 0.5) is 11.4 Å². The van der Waals surface area contributed by atoms with Gasteiger partial charge in [-0.3, -0.25) is 4.79 Å². The van der Waals surface area contributed by atoms with Crippen molar-refractivity contribution in [1.82, 2.24) is 0 Å². The number of amides is 1. The Morgan fingerprint density at radius 2 is 2.00 bits per heavy atom. The summed E-state index contributed by atoms with van der Waals surface area (Å²) in [6, 6.07) is 15.4. The van der Waals surface area contributed by atoms with E-state index in [2.05, 4.69) is 65.4 Å². The van der Waals surface area contributed by atoms with Gasteiger partial charge in [0.25, 0.3) is 0 Å². The van der Waals surface area contributed by atoms with Crippen LogP contribution in [0.25, 0.3) is 0 Å². The standard InChI is InChI=1S/C21H22N2OS/c1-13(24)22-15-8-11-20-19(12-15)17-4-3-5-18(17)21(23-20)14-6-9-16(25-2)10-7-14/h3-4,6-12,17-18,21,23H,5H2,1-2H3,(H,22,24). The SMILES string of the molecule is CSc1ccc(C2Nc3ccc(NC(C)=O)cc3C3C=CCC32)cc1. The zero-order valence-corrected chi connectivity index (χ0v) is 15.3. The molecule has 2 N–H and O–H groups in total. The average molecular weight is 350 g/mol. The van der Waals surface area contributed by atoms with Crippen molar-refractivity contribution in [2.45, 2.75) is 30.2 Å². The highest BCUT2D eigenvalue weighted by molar-refractivity contribution is 7.98. The van der Waals surface area contributed by atoms with Crippen molar-refractivity contribution in [1.29, 1.82) is 0 Å². The molecule has 0 saturated heterocycles. The van der Waals surface area contributed by atoms with E-state index in [0.717, 1.165) is 12.1 Å². The molecule has 2 aliphatic rings. The van der Waals surface area contributed by atoms with Crippen molar-refractivity contribution in [2.24, 2.45) is 5.92 Å². The minimum Gasteiger partial charge on any atom is -0.378 e. The van der Waals surface area contributed by atoms with E-state index in [1.807, 2.05) is 6.07 Å². The number of nitrogens with one attached hydrogen (secondary N) is 2. The highest BCUT2D eigenvalue weighted by Crippen LogP contribution is 2.50. The first-order valence-electron chi connectivity index (χ1n) is 8.64. The number of anilines is 2. The third-order valence-electron chi connectivity index (χ3n) is 5.16. The number of thioether (sulfide) groups is 1. The van der Waals surface area contributed by atoms with Gasteiger partial charge in [0.05, 0.1) is 6.04 Å². The lowest BCUT2D eigenvalue weighted by atomic mass is 9.77. The lowest BCUT2D eigenvalue weighted by molar-refractivity contribution is -0.114. The Morgan fingerprint density at radius 3 is 2.72 bits per heavy atom. The monoisotopic (exact) mass is 350 g/mol. The molecule has 128 valence electrons. The number of benzene rings is 2. The Labute approximate surface area is 152 Å². The molecular formula is C21H22N2OS. The Balaban J connectivity index is 1.69. The van der Waals surface area contributed by atoms with Gasteiger partial charge in [-0.25, -0.2) is 0 Å². The zero-order chi connectivity index (χ0) is 17.4. The van der Waals surface area contributed by atoms with Gasteiger partial charge >= 0.3 is 0 Å². The summed E-state index contributed by atoms with van der Waals surface area (Å²) < 4.78 is 0. The smallest absolute Gasteiger partial charge is 0.221 e. The Morgan fingerprint density at radius 1 is 1.20 bits per heavy atom. The van der Waals surface area contributed by atoms with Crippen LogP contribution in [0, 0.1) is 5.92 Å². The first-order valence-corrected chi connectivity index (χ1v) is 9.87. The fourth-order valence-electron chi connectivity index (χ4n) is 4.02. The quantitative estimate of drug-likeness (QED) is 0.591. The van der Waals surface area contributed by atoms with Gasteiger partial charge in [-0.15, -0.1) is 11.8 Å². The largest absolute Gasteiger partial charge is 0.378 e. The van der Waals surface area contributed by atoms with Gasteiger partial charge in [-0.05, 0) is 60.1 Å². The summed E-state index contributed by atoms with van der Waals surface area (Å²) in [6.07, 6.45) is 7.80. The third kappa shape index (κ3) is 3.07. The minimum atomic E-state index is -0.0333. The van der Waals surface area contributed by atoms with Crippen LogP contribution in [0.15, 0.2) is 59.5 Å². The van der Waals surface area contributed by atoms with Gasteiger partial charge in [0, 0.05) is 29.1 Å². The van der Waals surface area contributed by atoms with Crippen LogP contribution < -0.4 is 10.6 Å². The van der Waals surface area contributed by atoms with Crippen molar-refractivity contribution in [3.8, 4) is 0 Å². The van der Waals surface area contributed by atoms with E-state index in [0.29, 0.717) is 17.9 Å². The molecule has 4 heteroatoms. The Hall–Kier alpha value is -2.20.